The Morgan fingerprint density at radius 2 is 1.86 bits per heavy atom. The first-order valence-electron chi connectivity index (χ1n) is 12.9. The number of nitrogens with two attached hydrogens (primary N) is 1. The summed E-state index contributed by atoms with van der Waals surface area (Å²) in [5, 5.41) is 16.7. The van der Waals surface area contributed by atoms with Crippen LogP contribution in [0.25, 0.3) is 10.9 Å². The van der Waals surface area contributed by atoms with Crippen LogP contribution in [-0.4, -0.2) is 63.9 Å². The van der Waals surface area contributed by atoms with Crippen molar-refractivity contribution in [2.75, 3.05) is 18.9 Å². The maximum absolute atomic E-state index is 12.8. The second-order valence-electron chi connectivity index (χ2n) is 10.5. The molecular formula is C26H41N4O5P. The van der Waals surface area contributed by atoms with Gasteiger partial charge in [-0.05, 0) is 42.7 Å². The van der Waals surface area contributed by atoms with E-state index >= 15 is 0 Å². The highest BCUT2D eigenvalue weighted by Crippen LogP contribution is 2.45. The maximum atomic E-state index is 12.8. The summed E-state index contributed by atoms with van der Waals surface area (Å²) in [6.07, 6.45) is 6.21. The molecule has 1 aliphatic rings. The standard InChI is InChI=1S/C26H41N4O5P/c1-17(2)24(30-25(32)22(27)12-19-13-28-23-11-7-6-10-21(19)23)26(33)29-14-20(31)16-36(34,35)15-18-8-4-3-5-9-18/h6-7,10-11,13,17-18,20,22,24,28,31H,3-5,8-9,12,14-16,27H2,1-2H3,(H,29,33)(H,30,32)(H,34,35)/t20-,22-,24-/m0/s1. The second kappa shape index (κ2) is 12.9. The molecule has 9 nitrogen and oxygen atoms in total. The van der Waals surface area contributed by atoms with Gasteiger partial charge in [-0.1, -0.05) is 51.3 Å². The predicted molar refractivity (Wildman–Crippen MR) is 142 cm³/mol. The Balaban J connectivity index is 1.49. The molecule has 1 aromatic carbocycles. The Labute approximate surface area is 213 Å². The number of hydrogen-bond acceptors (Lipinski definition) is 5. The minimum absolute atomic E-state index is 0.158. The van der Waals surface area contributed by atoms with Crippen molar-refractivity contribution in [3.8, 4) is 0 Å². The van der Waals surface area contributed by atoms with Crippen LogP contribution in [0.1, 0.15) is 51.5 Å². The lowest BCUT2D eigenvalue weighted by Crippen LogP contribution is -2.55. The van der Waals surface area contributed by atoms with E-state index in [4.69, 9.17) is 5.73 Å². The zero-order chi connectivity index (χ0) is 26.3. The fourth-order valence-electron chi connectivity index (χ4n) is 5.00. The summed E-state index contributed by atoms with van der Waals surface area (Å²) in [7, 11) is -3.49. The lowest BCUT2D eigenvalue weighted by Gasteiger charge is -2.26. The predicted octanol–water partition coefficient (Wildman–Crippen LogP) is 2.51. The van der Waals surface area contributed by atoms with Crippen molar-refractivity contribution in [2.45, 2.75) is 70.6 Å². The number of aliphatic hydroxyl groups excluding tert-OH is 1. The van der Waals surface area contributed by atoms with Gasteiger partial charge in [-0.15, -0.1) is 0 Å². The van der Waals surface area contributed by atoms with Crippen molar-refractivity contribution in [3.63, 3.8) is 0 Å². The van der Waals surface area contributed by atoms with Crippen molar-refractivity contribution in [1.29, 1.82) is 0 Å². The molecule has 7 N–H and O–H groups in total. The van der Waals surface area contributed by atoms with E-state index in [2.05, 4.69) is 15.6 Å². The van der Waals surface area contributed by atoms with Crippen molar-refractivity contribution < 1.29 is 24.2 Å². The van der Waals surface area contributed by atoms with Gasteiger partial charge in [-0.2, -0.15) is 0 Å². The van der Waals surface area contributed by atoms with Gasteiger partial charge in [0.05, 0.1) is 18.3 Å². The molecule has 200 valence electrons. The molecule has 0 aliphatic heterocycles. The van der Waals surface area contributed by atoms with Gasteiger partial charge in [0, 0.05) is 29.8 Å². The molecule has 1 aliphatic carbocycles. The average molecular weight is 521 g/mol. The van der Waals surface area contributed by atoms with Crippen LogP contribution in [0.2, 0.25) is 0 Å². The quantitative estimate of drug-likeness (QED) is 0.236. The number of H-pyrrole nitrogens is 1. The SMILES string of the molecule is CC(C)[C@H](NC(=O)[C@@H](N)Cc1c[nH]c2ccccc12)C(=O)NC[C@H](O)CP(=O)(O)CC1CCCCC1. The molecule has 1 unspecified atom stereocenters. The number of nitrogens with one attached hydrogen (secondary N) is 3. The molecule has 2 aromatic rings. The third-order valence-corrected chi connectivity index (χ3v) is 9.05. The first-order valence-corrected chi connectivity index (χ1v) is 15.0. The van der Waals surface area contributed by atoms with Gasteiger partial charge in [0.25, 0.3) is 0 Å². The molecule has 4 atom stereocenters. The Hall–Kier alpha value is -2.19. The molecule has 2 amide bonds. The van der Waals surface area contributed by atoms with E-state index in [1.54, 1.807) is 13.8 Å². The van der Waals surface area contributed by atoms with Gasteiger partial charge < -0.3 is 31.4 Å². The number of hydrogen-bond donors (Lipinski definition) is 6. The molecule has 3 rings (SSSR count). The van der Waals surface area contributed by atoms with Crippen molar-refractivity contribution >= 4 is 30.1 Å². The highest BCUT2D eigenvalue weighted by molar-refractivity contribution is 7.58. The van der Waals surface area contributed by atoms with Crippen molar-refractivity contribution in [3.05, 3.63) is 36.0 Å². The highest BCUT2D eigenvalue weighted by Gasteiger charge is 2.30. The Bertz CT molecular complexity index is 1070. The summed E-state index contributed by atoms with van der Waals surface area (Å²) in [4.78, 5) is 39.1. The van der Waals surface area contributed by atoms with E-state index in [-0.39, 0.29) is 30.7 Å². The third kappa shape index (κ3) is 8.17. The highest BCUT2D eigenvalue weighted by atomic mass is 31.2. The molecule has 1 heterocycles. The first kappa shape index (κ1) is 28.4. The molecule has 10 heteroatoms. The lowest BCUT2D eigenvalue weighted by molar-refractivity contribution is -0.130. The normalized spacial score (nSPS) is 18.9. The number of carbonyl (C=O) groups excluding carboxylic acids is 2. The van der Waals surface area contributed by atoms with E-state index in [1.165, 1.54) is 6.42 Å². The zero-order valence-electron chi connectivity index (χ0n) is 21.3. The van der Waals surface area contributed by atoms with E-state index < -0.39 is 37.4 Å². The monoisotopic (exact) mass is 520 g/mol. The van der Waals surface area contributed by atoms with Gasteiger partial charge in [0.15, 0.2) is 0 Å². The van der Waals surface area contributed by atoms with Crippen LogP contribution in [0, 0.1) is 11.8 Å². The van der Waals surface area contributed by atoms with E-state index in [0.29, 0.717) is 6.42 Å². The molecule has 1 saturated carbocycles. The van der Waals surface area contributed by atoms with Gasteiger partial charge >= 0.3 is 0 Å². The fourth-order valence-corrected chi connectivity index (χ4v) is 7.10. The summed E-state index contributed by atoms with van der Waals surface area (Å²) in [6.45, 7) is 3.45. The van der Waals surface area contributed by atoms with E-state index in [1.807, 2.05) is 30.5 Å². The van der Waals surface area contributed by atoms with Crippen molar-refractivity contribution in [1.82, 2.24) is 15.6 Å². The zero-order valence-corrected chi connectivity index (χ0v) is 22.2. The Kier molecular flexibility index (Phi) is 10.1. The Morgan fingerprint density at radius 3 is 2.56 bits per heavy atom. The number of rotatable bonds is 12. The topological polar surface area (TPSA) is 158 Å². The van der Waals surface area contributed by atoms with E-state index in [9.17, 15) is 24.2 Å². The minimum atomic E-state index is -3.49. The summed E-state index contributed by atoms with van der Waals surface area (Å²) in [5.41, 5.74) is 8.04. The van der Waals surface area contributed by atoms with Crippen molar-refractivity contribution in [2.24, 2.45) is 17.6 Å². The van der Waals surface area contributed by atoms with E-state index in [0.717, 1.165) is 42.1 Å². The molecule has 0 bridgehead atoms. The smallest absolute Gasteiger partial charge is 0.242 e. The summed E-state index contributed by atoms with van der Waals surface area (Å²) in [5.74, 6) is -0.897. The summed E-state index contributed by atoms with van der Waals surface area (Å²) >= 11 is 0. The summed E-state index contributed by atoms with van der Waals surface area (Å²) < 4.78 is 12.6. The largest absolute Gasteiger partial charge is 0.391 e. The number of amides is 2. The molecule has 0 spiro atoms. The second-order valence-corrected chi connectivity index (χ2v) is 12.9. The van der Waals surface area contributed by atoms with Crippen LogP contribution in [0.5, 0.6) is 0 Å². The van der Waals surface area contributed by atoms with Crippen LogP contribution in [0.4, 0.5) is 0 Å². The first-order chi connectivity index (χ1) is 17.1. The fraction of sp³-hybridized carbons (Fsp3) is 0.615. The van der Waals surface area contributed by atoms with Gasteiger partial charge in [0.2, 0.25) is 19.2 Å². The van der Waals surface area contributed by atoms with Gasteiger partial charge in [-0.3, -0.25) is 14.2 Å². The lowest BCUT2D eigenvalue weighted by atomic mass is 9.91. The van der Waals surface area contributed by atoms with Gasteiger partial charge in [0.1, 0.15) is 6.04 Å². The molecule has 1 fully saturated rings. The summed E-state index contributed by atoms with van der Waals surface area (Å²) in [6, 6.07) is 6.07. The molecule has 1 aromatic heterocycles. The van der Waals surface area contributed by atoms with Crippen LogP contribution >= 0.6 is 7.37 Å². The minimum Gasteiger partial charge on any atom is -0.391 e. The van der Waals surface area contributed by atoms with Gasteiger partial charge in [-0.25, -0.2) is 0 Å². The van der Waals surface area contributed by atoms with Crippen LogP contribution in [-0.2, 0) is 20.6 Å². The number of benzene rings is 1. The third-order valence-electron chi connectivity index (χ3n) is 6.97. The molecule has 36 heavy (non-hydrogen) atoms. The van der Waals surface area contributed by atoms with Crippen LogP contribution in [0.15, 0.2) is 30.5 Å². The average Bonchev–Trinajstić information content (AvgIpc) is 3.23. The van der Waals surface area contributed by atoms with Crippen LogP contribution in [0.3, 0.4) is 0 Å². The number of carbonyl (C=O) groups is 2. The molecular weight excluding hydrogens is 479 g/mol. The number of aromatic nitrogens is 1. The molecule has 0 saturated heterocycles. The number of fused-ring (bicyclic) bond motifs is 1. The van der Waals surface area contributed by atoms with Crippen LogP contribution < -0.4 is 16.4 Å². The molecule has 0 radical (unpaired) electrons. The number of aromatic amines is 1. The number of aliphatic hydroxyl groups is 1. The maximum Gasteiger partial charge on any atom is 0.242 e. The Morgan fingerprint density at radius 1 is 1.17 bits per heavy atom. The number of para-hydroxylation sites is 1.